The lowest BCUT2D eigenvalue weighted by Crippen LogP contribution is -2.12. The average molecular weight is 390 g/mol. The number of anilines is 1. The fourth-order valence-electron chi connectivity index (χ4n) is 1.93. The quantitative estimate of drug-likeness (QED) is 0.870. The molecule has 2 aromatic rings. The highest BCUT2D eigenvalue weighted by atomic mass is 79.9. The molecule has 0 atom stereocenters. The topological polar surface area (TPSA) is 64.6 Å². The van der Waals surface area contributed by atoms with Gasteiger partial charge in [-0.15, -0.1) is 11.3 Å². The number of hydrogen-bond donors (Lipinski definition) is 1. The van der Waals surface area contributed by atoms with Crippen molar-refractivity contribution >= 4 is 43.0 Å². The van der Waals surface area contributed by atoms with Crippen molar-refractivity contribution in [2.75, 3.05) is 17.9 Å². The van der Waals surface area contributed by atoms with E-state index in [-0.39, 0.29) is 10.5 Å². The van der Waals surface area contributed by atoms with Crippen LogP contribution in [0.2, 0.25) is 0 Å². The maximum atomic E-state index is 12.2. The van der Waals surface area contributed by atoms with Crippen molar-refractivity contribution in [3.05, 3.63) is 45.7 Å². The second-order valence-electron chi connectivity index (χ2n) is 4.36. The summed E-state index contributed by atoms with van der Waals surface area (Å²) in [4.78, 5) is 0. The van der Waals surface area contributed by atoms with Crippen LogP contribution in [0.4, 0.5) is 5.69 Å². The average Bonchev–Trinajstić information content (AvgIpc) is 3.10. The maximum absolute atomic E-state index is 12.2. The molecule has 21 heavy (non-hydrogen) atoms. The molecule has 1 saturated heterocycles. The van der Waals surface area contributed by atoms with E-state index in [0.717, 1.165) is 16.9 Å². The van der Waals surface area contributed by atoms with Crippen LogP contribution in [-0.4, -0.2) is 21.6 Å². The molecule has 0 bridgehead atoms. The molecule has 1 fully saturated rings. The molecular weight excluding hydrogens is 378 g/mol. The number of thiophene rings is 1. The Bertz CT molecular complexity index is 721. The summed E-state index contributed by atoms with van der Waals surface area (Å²) in [5, 5.41) is 1.72. The zero-order chi connectivity index (χ0) is 14.9. The molecule has 0 unspecified atom stereocenters. The highest BCUT2D eigenvalue weighted by Gasteiger charge is 2.21. The Labute approximate surface area is 135 Å². The van der Waals surface area contributed by atoms with Crippen LogP contribution in [0.3, 0.4) is 0 Å². The Balaban J connectivity index is 1.77. The van der Waals surface area contributed by atoms with Gasteiger partial charge in [0.05, 0.1) is 13.2 Å². The van der Waals surface area contributed by atoms with Gasteiger partial charge in [0.1, 0.15) is 0 Å². The second-order valence-corrected chi connectivity index (χ2v) is 8.01. The Hall–Kier alpha value is -0.930. The first-order valence-electron chi connectivity index (χ1n) is 6.15. The molecule has 0 saturated carbocycles. The second kappa shape index (κ2) is 6.05. The van der Waals surface area contributed by atoms with Crippen molar-refractivity contribution in [3.63, 3.8) is 0 Å². The van der Waals surface area contributed by atoms with E-state index in [1.54, 1.807) is 35.7 Å². The lowest BCUT2D eigenvalue weighted by molar-refractivity contribution is -0.0441. The first-order valence-corrected chi connectivity index (χ1v) is 9.31. The normalized spacial score (nSPS) is 16.2. The predicted molar refractivity (Wildman–Crippen MR) is 83.9 cm³/mol. The highest BCUT2D eigenvalue weighted by Crippen LogP contribution is 2.30. The first kappa shape index (κ1) is 15.0. The SMILES string of the molecule is O=S(=O)(Nc1ccc(C2OCCO2)cc1)c1sccc1Br. The van der Waals surface area contributed by atoms with Crippen molar-refractivity contribution < 1.29 is 17.9 Å². The summed E-state index contributed by atoms with van der Waals surface area (Å²) in [6.07, 6.45) is -0.359. The predicted octanol–water partition coefficient (Wildman–Crippen LogP) is 3.36. The molecule has 8 heteroatoms. The van der Waals surface area contributed by atoms with Crippen molar-refractivity contribution in [1.29, 1.82) is 0 Å². The minimum Gasteiger partial charge on any atom is -0.346 e. The van der Waals surface area contributed by atoms with E-state index in [1.807, 2.05) is 0 Å². The smallest absolute Gasteiger partial charge is 0.272 e. The molecule has 1 aliphatic heterocycles. The molecule has 0 amide bonds. The van der Waals surface area contributed by atoms with Gasteiger partial charge in [0, 0.05) is 15.7 Å². The summed E-state index contributed by atoms with van der Waals surface area (Å²) < 4.78 is 38.6. The van der Waals surface area contributed by atoms with E-state index in [1.165, 1.54) is 0 Å². The van der Waals surface area contributed by atoms with E-state index in [2.05, 4.69) is 20.7 Å². The number of halogens is 1. The van der Waals surface area contributed by atoms with Gasteiger partial charge in [0.2, 0.25) is 0 Å². The van der Waals surface area contributed by atoms with Crippen LogP contribution in [0.25, 0.3) is 0 Å². The van der Waals surface area contributed by atoms with Crippen LogP contribution < -0.4 is 4.72 Å². The summed E-state index contributed by atoms with van der Waals surface area (Å²) in [5.74, 6) is 0. The summed E-state index contributed by atoms with van der Waals surface area (Å²) in [6, 6.07) is 8.67. The Kier molecular flexibility index (Phi) is 4.32. The third kappa shape index (κ3) is 3.29. The molecule has 112 valence electrons. The molecule has 1 aromatic carbocycles. The van der Waals surface area contributed by atoms with E-state index >= 15 is 0 Å². The summed E-state index contributed by atoms with van der Waals surface area (Å²) >= 11 is 4.39. The number of rotatable bonds is 4. The van der Waals surface area contributed by atoms with Gasteiger partial charge < -0.3 is 9.47 Å². The number of benzene rings is 1. The Morgan fingerprint density at radius 3 is 2.38 bits per heavy atom. The molecular formula is C13H12BrNO4S2. The number of sulfonamides is 1. The van der Waals surface area contributed by atoms with Gasteiger partial charge in [-0.25, -0.2) is 8.42 Å². The summed E-state index contributed by atoms with van der Waals surface area (Å²) in [6.45, 7) is 1.15. The monoisotopic (exact) mass is 389 g/mol. The third-order valence-corrected chi connectivity index (χ3v) is 6.94. The fourth-order valence-corrected chi connectivity index (χ4v) is 5.33. The van der Waals surface area contributed by atoms with Crippen LogP contribution in [0, 0.1) is 0 Å². The molecule has 1 aromatic heterocycles. The van der Waals surface area contributed by atoms with Gasteiger partial charge in [0.15, 0.2) is 10.5 Å². The largest absolute Gasteiger partial charge is 0.346 e. The van der Waals surface area contributed by atoms with Crippen LogP contribution in [-0.2, 0) is 19.5 Å². The van der Waals surface area contributed by atoms with Gasteiger partial charge in [0.25, 0.3) is 10.0 Å². The summed E-state index contributed by atoms with van der Waals surface area (Å²) in [7, 11) is -3.57. The van der Waals surface area contributed by atoms with Crippen molar-refractivity contribution in [2.45, 2.75) is 10.5 Å². The lowest BCUT2D eigenvalue weighted by atomic mass is 10.2. The van der Waals surface area contributed by atoms with Crippen molar-refractivity contribution in [2.24, 2.45) is 0 Å². The van der Waals surface area contributed by atoms with Crippen LogP contribution in [0.1, 0.15) is 11.9 Å². The zero-order valence-corrected chi connectivity index (χ0v) is 14.0. The first-order chi connectivity index (χ1) is 10.1. The fraction of sp³-hybridized carbons (Fsp3) is 0.231. The number of hydrogen-bond acceptors (Lipinski definition) is 5. The number of ether oxygens (including phenoxy) is 2. The van der Waals surface area contributed by atoms with Crippen LogP contribution >= 0.6 is 27.3 Å². The molecule has 0 spiro atoms. The van der Waals surface area contributed by atoms with Gasteiger partial charge in [-0.3, -0.25) is 4.72 Å². The maximum Gasteiger partial charge on any atom is 0.272 e. The third-order valence-electron chi connectivity index (χ3n) is 2.89. The molecule has 0 radical (unpaired) electrons. The minimum absolute atomic E-state index is 0.258. The molecule has 1 aliphatic rings. The van der Waals surface area contributed by atoms with Crippen LogP contribution in [0.5, 0.6) is 0 Å². The summed E-state index contributed by atoms with van der Waals surface area (Å²) in [5.41, 5.74) is 1.37. The molecule has 1 N–H and O–H groups in total. The minimum atomic E-state index is -3.57. The number of nitrogens with one attached hydrogen (secondary N) is 1. The van der Waals surface area contributed by atoms with Crippen LogP contribution in [0.15, 0.2) is 44.4 Å². The van der Waals surface area contributed by atoms with Gasteiger partial charge in [-0.1, -0.05) is 12.1 Å². The zero-order valence-electron chi connectivity index (χ0n) is 10.8. The molecule has 5 nitrogen and oxygen atoms in total. The molecule has 2 heterocycles. The molecule has 0 aliphatic carbocycles. The van der Waals surface area contributed by atoms with Crippen molar-refractivity contribution in [3.8, 4) is 0 Å². The van der Waals surface area contributed by atoms with E-state index < -0.39 is 10.0 Å². The Morgan fingerprint density at radius 2 is 1.81 bits per heavy atom. The van der Waals surface area contributed by atoms with Gasteiger partial charge >= 0.3 is 0 Å². The van der Waals surface area contributed by atoms with Crippen molar-refractivity contribution in [1.82, 2.24) is 0 Å². The molecule has 3 rings (SSSR count). The van der Waals surface area contributed by atoms with E-state index in [4.69, 9.17) is 9.47 Å². The Morgan fingerprint density at radius 1 is 1.14 bits per heavy atom. The lowest BCUT2D eigenvalue weighted by Gasteiger charge is -2.11. The van der Waals surface area contributed by atoms with Gasteiger partial charge in [-0.2, -0.15) is 0 Å². The van der Waals surface area contributed by atoms with E-state index in [0.29, 0.717) is 23.4 Å². The highest BCUT2D eigenvalue weighted by molar-refractivity contribution is 9.10. The van der Waals surface area contributed by atoms with Gasteiger partial charge in [-0.05, 0) is 39.5 Å². The standard InChI is InChI=1S/C13H12BrNO4S2/c14-11-5-8-20-13(11)21(16,17)15-10-3-1-9(2-4-10)12-18-6-7-19-12/h1-5,8,12,15H,6-7H2. The van der Waals surface area contributed by atoms with E-state index in [9.17, 15) is 8.42 Å².